The van der Waals surface area contributed by atoms with Gasteiger partial charge in [0.1, 0.15) is 19.0 Å². The molecule has 98 valence electrons. The van der Waals surface area contributed by atoms with E-state index in [0.717, 1.165) is 17.9 Å². The summed E-state index contributed by atoms with van der Waals surface area (Å²) < 4.78 is 16.9. The molecule has 0 saturated heterocycles. The number of hydrogen-bond acceptors (Lipinski definition) is 1. The Morgan fingerprint density at radius 1 is 1.18 bits per heavy atom. The molecule has 0 N–H and O–H groups in total. The van der Waals surface area contributed by atoms with Crippen molar-refractivity contribution in [2.45, 2.75) is 33.6 Å². The Kier molecular flexibility index (Phi) is 8.47. The molecule has 0 saturated carbocycles. The third-order valence-electron chi connectivity index (χ3n) is 2.66. The average Bonchev–Trinajstić information content (AvgIpc) is 2.29. The Morgan fingerprint density at radius 3 is 2.35 bits per heavy atom. The van der Waals surface area contributed by atoms with E-state index in [1.54, 1.807) is 6.08 Å². The van der Waals surface area contributed by atoms with Gasteiger partial charge in [-0.15, -0.1) is 0 Å². The largest absolute Gasteiger partial charge is 0.491 e. The molecule has 0 aromatic heterocycles. The van der Waals surface area contributed by atoms with Gasteiger partial charge in [0.25, 0.3) is 0 Å². The number of allylic oxidation sites excluding steroid dienone is 3. The summed E-state index contributed by atoms with van der Waals surface area (Å²) in [7, 11) is 0. The number of halogens is 1. The average molecular weight is 240 g/mol. The predicted molar refractivity (Wildman–Crippen MR) is 72.6 cm³/mol. The molecule has 1 nitrogen and oxygen atoms in total. The number of alkyl halides is 1. The second kappa shape index (κ2) is 9.03. The van der Waals surface area contributed by atoms with E-state index >= 15 is 0 Å². The summed E-state index contributed by atoms with van der Waals surface area (Å²) in [4.78, 5) is 0. The van der Waals surface area contributed by atoms with Gasteiger partial charge in [-0.2, -0.15) is 0 Å². The lowest BCUT2D eigenvalue weighted by Gasteiger charge is -2.13. The number of ether oxygens (including phenoxy) is 1. The molecule has 0 amide bonds. The minimum absolute atomic E-state index is 0.0680. The molecule has 0 aliphatic heterocycles. The molecule has 0 bridgehead atoms. The molecular formula is C15H25FO. The molecule has 0 aliphatic rings. The summed E-state index contributed by atoms with van der Waals surface area (Å²) in [5.74, 6) is 1.67. The van der Waals surface area contributed by atoms with Gasteiger partial charge in [0.2, 0.25) is 0 Å². The first-order valence-corrected chi connectivity index (χ1v) is 6.22. The Morgan fingerprint density at radius 2 is 1.82 bits per heavy atom. The van der Waals surface area contributed by atoms with Crippen LogP contribution in [0.3, 0.4) is 0 Å². The Balaban J connectivity index is 3.97. The molecule has 0 aromatic carbocycles. The van der Waals surface area contributed by atoms with Crippen molar-refractivity contribution in [2.75, 3.05) is 13.3 Å². The molecule has 1 atom stereocenters. The zero-order valence-electron chi connectivity index (χ0n) is 11.3. The predicted octanol–water partition coefficient (Wildman–Crippen LogP) is 4.67. The second-order valence-corrected chi connectivity index (χ2v) is 4.78. The van der Waals surface area contributed by atoms with Gasteiger partial charge in [0.15, 0.2) is 0 Å². The number of hydrogen-bond donors (Lipinski definition) is 0. The minimum Gasteiger partial charge on any atom is -0.491 e. The molecule has 1 unspecified atom stereocenters. The van der Waals surface area contributed by atoms with Crippen molar-refractivity contribution in [1.29, 1.82) is 0 Å². The van der Waals surface area contributed by atoms with Crippen molar-refractivity contribution in [2.24, 2.45) is 11.8 Å². The van der Waals surface area contributed by atoms with Crippen LogP contribution in [0.4, 0.5) is 4.39 Å². The van der Waals surface area contributed by atoms with E-state index in [-0.39, 0.29) is 6.61 Å². The van der Waals surface area contributed by atoms with Gasteiger partial charge in [-0.3, -0.25) is 0 Å². The highest BCUT2D eigenvalue weighted by molar-refractivity contribution is 5.22. The van der Waals surface area contributed by atoms with Gasteiger partial charge in [0, 0.05) is 0 Å². The van der Waals surface area contributed by atoms with Crippen LogP contribution < -0.4 is 0 Å². The normalized spacial score (nSPS) is 13.0. The van der Waals surface area contributed by atoms with Crippen molar-refractivity contribution >= 4 is 0 Å². The molecule has 0 heterocycles. The standard InChI is InChI=1S/C15H25FO/c1-12(2)6-7-13(3)14(4)8-9-15(5)17-11-10-16/h8-9,12-13H,4-7,10-11H2,1-3H3/b9-8-. The summed E-state index contributed by atoms with van der Waals surface area (Å²) in [5, 5.41) is 0. The lowest BCUT2D eigenvalue weighted by molar-refractivity contribution is 0.199. The summed E-state index contributed by atoms with van der Waals surface area (Å²) in [6.45, 7) is 13.9. The third-order valence-corrected chi connectivity index (χ3v) is 2.66. The van der Waals surface area contributed by atoms with Gasteiger partial charge in [0.05, 0.1) is 0 Å². The van der Waals surface area contributed by atoms with E-state index in [4.69, 9.17) is 4.74 Å². The lowest BCUT2D eigenvalue weighted by atomic mass is 9.93. The fraction of sp³-hybridized carbons (Fsp3) is 0.600. The monoisotopic (exact) mass is 240 g/mol. The maximum atomic E-state index is 11.8. The molecule has 0 rings (SSSR count). The van der Waals surface area contributed by atoms with Gasteiger partial charge in [-0.05, 0) is 24.3 Å². The van der Waals surface area contributed by atoms with E-state index in [1.807, 2.05) is 6.08 Å². The fourth-order valence-electron chi connectivity index (χ4n) is 1.35. The number of rotatable bonds is 9. The summed E-state index contributed by atoms with van der Waals surface area (Å²) >= 11 is 0. The van der Waals surface area contributed by atoms with Crippen LogP contribution in [-0.4, -0.2) is 13.3 Å². The highest BCUT2D eigenvalue weighted by Gasteiger charge is 2.05. The van der Waals surface area contributed by atoms with Crippen molar-refractivity contribution < 1.29 is 9.13 Å². The fourth-order valence-corrected chi connectivity index (χ4v) is 1.35. The first-order chi connectivity index (χ1) is 7.97. The van der Waals surface area contributed by atoms with Crippen LogP contribution in [0.5, 0.6) is 0 Å². The minimum atomic E-state index is -0.488. The van der Waals surface area contributed by atoms with Crippen molar-refractivity contribution in [3.63, 3.8) is 0 Å². The second-order valence-electron chi connectivity index (χ2n) is 4.78. The maximum absolute atomic E-state index is 11.8. The Bertz CT molecular complexity index is 266. The van der Waals surface area contributed by atoms with Crippen LogP contribution in [0, 0.1) is 11.8 Å². The highest BCUT2D eigenvalue weighted by atomic mass is 19.1. The van der Waals surface area contributed by atoms with Gasteiger partial charge < -0.3 is 4.74 Å². The van der Waals surface area contributed by atoms with E-state index in [1.165, 1.54) is 6.42 Å². The molecule has 0 aromatic rings. The van der Waals surface area contributed by atoms with Crippen molar-refractivity contribution in [3.05, 3.63) is 36.6 Å². The van der Waals surface area contributed by atoms with Crippen LogP contribution >= 0.6 is 0 Å². The SMILES string of the molecule is C=C(/C=C\C(=C)C(C)CCC(C)C)OCCF. The Labute approximate surface area is 105 Å². The van der Waals surface area contributed by atoms with Crippen LogP contribution in [-0.2, 0) is 4.74 Å². The van der Waals surface area contributed by atoms with Crippen LogP contribution in [0.1, 0.15) is 33.6 Å². The summed E-state index contributed by atoms with van der Waals surface area (Å²) in [6, 6.07) is 0. The Hall–Kier alpha value is -1.05. The smallest absolute Gasteiger partial charge is 0.123 e. The van der Waals surface area contributed by atoms with Gasteiger partial charge in [-0.25, -0.2) is 4.39 Å². The molecule has 0 spiro atoms. The van der Waals surface area contributed by atoms with E-state index < -0.39 is 6.67 Å². The molecule has 17 heavy (non-hydrogen) atoms. The molecular weight excluding hydrogens is 215 g/mol. The first kappa shape index (κ1) is 16.0. The van der Waals surface area contributed by atoms with E-state index in [0.29, 0.717) is 11.7 Å². The lowest BCUT2D eigenvalue weighted by Crippen LogP contribution is -1.99. The zero-order chi connectivity index (χ0) is 13.3. The topological polar surface area (TPSA) is 9.23 Å². The molecule has 2 heteroatoms. The third kappa shape index (κ3) is 8.73. The van der Waals surface area contributed by atoms with Gasteiger partial charge in [-0.1, -0.05) is 52.0 Å². The molecule has 0 aliphatic carbocycles. The van der Waals surface area contributed by atoms with E-state index in [9.17, 15) is 4.39 Å². The molecule has 0 fully saturated rings. The maximum Gasteiger partial charge on any atom is 0.123 e. The van der Waals surface area contributed by atoms with Gasteiger partial charge >= 0.3 is 0 Å². The van der Waals surface area contributed by atoms with E-state index in [2.05, 4.69) is 33.9 Å². The highest BCUT2D eigenvalue weighted by Crippen LogP contribution is 2.19. The van der Waals surface area contributed by atoms with Crippen molar-refractivity contribution in [1.82, 2.24) is 0 Å². The molecule has 0 radical (unpaired) electrons. The van der Waals surface area contributed by atoms with Crippen molar-refractivity contribution in [3.8, 4) is 0 Å². The van der Waals surface area contributed by atoms with Crippen LogP contribution in [0.25, 0.3) is 0 Å². The van der Waals surface area contributed by atoms with Crippen LogP contribution in [0.15, 0.2) is 36.6 Å². The summed E-state index contributed by atoms with van der Waals surface area (Å²) in [5.41, 5.74) is 1.07. The summed E-state index contributed by atoms with van der Waals surface area (Å²) in [6.07, 6.45) is 6.00. The zero-order valence-corrected chi connectivity index (χ0v) is 11.3. The first-order valence-electron chi connectivity index (χ1n) is 6.22. The van der Waals surface area contributed by atoms with Crippen LogP contribution in [0.2, 0.25) is 0 Å². The quantitative estimate of drug-likeness (QED) is 0.420.